The van der Waals surface area contributed by atoms with Gasteiger partial charge in [0.05, 0.1) is 6.61 Å². The maximum atomic E-state index is 12.4. The molecule has 4 fully saturated rings. The van der Waals surface area contributed by atoms with Crippen LogP contribution in [0.15, 0.2) is 24.3 Å². The highest BCUT2D eigenvalue weighted by Crippen LogP contribution is 2.55. The van der Waals surface area contributed by atoms with Crippen molar-refractivity contribution in [1.29, 1.82) is 0 Å². The van der Waals surface area contributed by atoms with Crippen LogP contribution >= 0.6 is 0 Å². The van der Waals surface area contributed by atoms with E-state index < -0.39 is 0 Å². The maximum Gasteiger partial charge on any atom is 0.315 e. The molecule has 4 heteroatoms. The first-order valence-electron chi connectivity index (χ1n) is 9.86. The second-order valence-electron chi connectivity index (χ2n) is 8.55. The van der Waals surface area contributed by atoms with E-state index in [4.69, 9.17) is 4.74 Å². The average molecular weight is 342 g/mol. The van der Waals surface area contributed by atoms with Gasteiger partial charge < -0.3 is 15.4 Å². The van der Waals surface area contributed by atoms with Gasteiger partial charge >= 0.3 is 6.03 Å². The predicted octanol–water partition coefficient (Wildman–Crippen LogP) is 4.03. The minimum Gasteiger partial charge on any atom is -0.493 e. The van der Waals surface area contributed by atoms with Crippen molar-refractivity contribution in [3.05, 3.63) is 29.8 Å². The van der Waals surface area contributed by atoms with Gasteiger partial charge in [-0.2, -0.15) is 0 Å². The van der Waals surface area contributed by atoms with Gasteiger partial charge in [-0.1, -0.05) is 18.2 Å². The number of amides is 2. The van der Waals surface area contributed by atoms with Crippen LogP contribution in [-0.2, 0) is 0 Å². The number of carbonyl (C=O) groups is 1. The SMILES string of the molecule is Cc1ccccc1OCCCNC(=O)NC12CC3CC(CC(C3)C1)C2. The summed E-state index contributed by atoms with van der Waals surface area (Å²) in [4.78, 5) is 12.4. The average Bonchev–Trinajstić information content (AvgIpc) is 2.54. The quantitative estimate of drug-likeness (QED) is 0.767. The van der Waals surface area contributed by atoms with Crippen molar-refractivity contribution in [2.24, 2.45) is 17.8 Å². The monoisotopic (exact) mass is 342 g/mol. The van der Waals surface area contributed by atoms with Crippen LogP contribution < -0.4 is 15.4 Å². The number of hydrogen-bond acceptors (Lipinski definition) is 2. The molecule has 0 saturated heterocycles. The molecular weight excluding hydrogens is 312 g/mol. The largest absolute Gasteiger partial charge is 0.493 e. The standard InChI is InChI=1S/C21H30N2O2/c1-15-5-2-3-6-19(15)25-8-4-7-22-20(24)23-21-12-16-9-17(13-21)11-18(10-16)14-21/h2-3,5-6,16-18H,4,7-14H2,1H3,(H2,22,23,24). The first-order chi connectivity index (χ1) is 12.1. The third kappa shape index (κ3) is 3.78. The summed E-state index contributed by atoms with van der Waals surface area (Å²) in [5, 5.41) is 6.38. The molecule has 0 atom stereocenters. The molecule has 4 saturated carbocycles. The number of aryl methyl sites for hydroxylation is 1. The topological polar surface area (TPSA) is 50.4 Å². The zero-order chi connectivity index (χ0) is 17.3. The van der Waals surface area contributed by atoms with E-state index >= 15 is 0 Å². The van der Waals surface area contributed by atoms with Crippen molar-refractivity contribution in [3.8, 4) is 5.75 Å². The molecule has 4 aliphatic carbocycles. The number of urea groups is 1. The van der Waals surface area contributed by atoms with Crippen LogP contribution in [0.25, 0.3) is 0 Å². The van der Waals surface area contributed by atoms with Crippen LogP contribution in [0.1, 0.15) is 50.5 Å². The first-order valence-corrected chi connectivity index (χ1v) is 9.86. The molecule has 4 nitrogen and oxygen atoms in total. The van der Waals surface area contributed by atoms with E-state index in [-0.39, 0.29) is 11.6 Å². The Bertz CT molecular complexity index is 593. The number of hydrogen-bond donors (Lipinski definition) is 2. The molecule has 0 aliphatic heterocycles. The van der Waals surface area contributed by atoms with Gasteiger partial charge in [0.15, 0.2) is 0 Å². The van der Waals surface area contributed by atoms with Crippen LogP contribution in [0.3, 0.4) is 0 Å². The van der Waals surface area contributed by atoms with E-state index in [0.29, 0.717) is 13.2 Å². The Hall–Kier alpha value is -1.71. The summed E-state index contributed by atoms with van der Waals surface area (Å²) in [6, 6.07) is 8.05. The van der Waals surface area contributed by atoms with Gasteiger partial charge in [-0.15, -0.1) is 0 Å². The lowest BCUT2D eigenvalue weighted by Gasteiger charge is -2.56. The highest BCUT2D eigenvalue weighted by molar-refractivity contribution is 5.74. The molecule has 0 unspecified atom stereocenters. The minimum absolute atomic E-state index is 0.0119. The van der Waals surface area contributed by atoms with Crippen molar-refractivity contribution >= 4 is 6.03 Å². The normalized spacial score (nSPS) is 32.4. The number of carbonyl (C=O) groups excluding carboxylic acids is 1. The number of para-hydroxylation sites is 1. The van der Waals surface area contributed by atoms with Crippen LogP contribution in [0.5, 0.6) is 5.75 Å². The highest BCUT2D eigenvalue weighted by Gasteiger charge is 2.51. The van der Waals surface area contributed by atoms with E-state index in [1.807, 2.05) is 31.2 Å². The zero-order valence-corrected chi connectivity index (χ0v) is 15.2. The number of ether oxygens (including phenoxy) is 1. The van der Waals surface area contributed by atoms with E-state index in [1.165, 1.54) is 38.5 Å². The molecule has 2 N–H and O–H groups in total. The Morgan fingerprint density at radius 1 is 1.12 bits per heavy atom. The summed E-state index contributed by atoms with van der Waals surface area (Å²) in [7, 11) is 0. The third-order valence-corrected chi connectivity index (χ3v) is 6.37. The Labute approximate surface area is 150 Å². The zero-order valence-electron chi connectivity index (χ0n) is 15.2. The third-order valence-electron chi connectivity index (χ3n) is 6.37. The van der Waals surface area contributed by atoms with Gasteiger partial charge in [0.25, 0.3) is 0 Å². The van der Waals surface area contributed by atoms with Crippen molar-refractivity contribution in [2.45, 2.75) is 57.4 Å². The molecule has 0 radical (unpaired) electrons. The van der Waals surface area contributed by atoms with Gasteiger partial charge in [0, 0.05) is 12.1 Å². The maximum absolute atomic E-state index is 12.4. The molecule has 0 spiro atoms. The molecular formula is C21H30N2O2. The molecule has 136 valence electrons. The van der Waals surface area contributed by atoms with Gasteiger partial charge in [0.2, 0.25) is 0 Å². The van der Waals surface area contributed by atoms with Crippen LogP contribution in [0, 0.1) is 24.7 Å². The van der Waals surface area contributed by atoms with Crippen LogP contribution in [-0.4, -0.2) is 24.7 Å². The van der Waals surface area contributed by atoms with Gasteiger partial charge in [-0.3, -0.25) is 0 Å². The van der Waals surface area contributed by atoms with E-state index in [2.05, 4.69) is 10.6 Å². The van der Waals surface area contributed by atoms with Crippen molar-refractivity contribution < 1.29 is 9.53 Å². The molecule has 5 rings (SSSR count). The summed E-state index contributed by atoms with van der Waals surface area (Å²) < 4.78 is 5.78. The van der Waals surface area contributed by atoms with Gasteiger partial charge in [-0.05, 0) is 81.3 Å². The van der Waals surface area contributed by atoms with Crippen molar-refractivity contribution in [3.63, 3.8) is 0 Å². The highest BCUT2D eigenvalue weighted by atomic mass is 16.5. The minimum atomic E-state index is 0.0119. The summed E-state index contributed by atoms with van der Waals surface area (Å²) in [6.45, 7) is 3.33. The number of benzene rings is 1. The predicted molar refractivity (Wildman–Crippen MR) is 98.7 cm³/mol. The van der Waals surface area contributed by atoms with E-state index in [1.54, 1.807) is 0 Å². The summed E-state index contributed by atoms with van der Waals surface area (Å²) in [5.74, 6) is 3.50. The van der Waals surface area contributed by atoms with Crippen LogP contribution in [0.2, 0.25) is 0 Å². The smallest absolute Gasteiger partial charge is 0.315 e. The number of rotatable bonds is 6. The molecule has 25 heavy (non-hydrogen) atoms. The lowest BCUT2D eigenvalue weighted by atomic mass is 9.53. The van der Waals surface area contributed by atoms with Gasteiger partial charge in [0.1, 0.15) is 5.75 Å². The fraction of sp³-hybridized carbons (Fsp3) is 0.667. The second-order valence-corrected chi connectivity index (χ2v) is 8.55. The molecule has 0 aromatic heterocycles. The fourth-order valence-corrected chi connectivity index (χ4v) is 5.72. The van der Waals surface area contributed by atoms with E-state index in [0.717, 1.165) is 35.5 Å². The van der Waals surface area contributed by atoms with Crippen molar-refractivity contribution in [2.75, 3.05) is 13.2 Å². The summed E-state index contributed by atoms with van der Waals surface area (Å²) in [5.41, 5.74) is 1.24. The van der Waals surface area contributed by atoms with Crippen molar-refractivity contribution in [1.82, 2.24) is 10.6 Å². The molecule has 1 aromatic rings. The summed E-state index contributed by atoms with van der Waals surface area (Å²) >= 11 is 0. The molecule has 0 heterocycles. The number of nitrogens with one attached hydrogen (secondary N) is 2. The van der Waals surface area contributed by atoms with Crippen LogP contribution in [0.4, 0.5) is 4.79 Å². The second kappa shape index (κ2) is 6.89. The lowest BCUT2D eigenvalue weighted by molar-refractivity contribution is -0.0135. The molecule has 1 aromatic carbocycles. The Kier molecular flexibility index (Phi) is 4.61. The Morgan fingerprint density at radius 2 is 1.76 bits per heavy atom. The Balaban J connectivity index is 1.18. The molecule has 4 bridgehead atoms. The summed E-state index contributed by atoms with van der Waals surface area (Å²) in [6.07, 6.45) is 8.62. The molecule has 4 aliphatic rings. The first kappa shape index (κ1) is 16.7. The van der Waals surface area contributed by atoms with Gasteiger partial charge in [-0.25, -0.2) is 4.79 Å². The van der Waals surface area contributed by atoms with E-state index in [9.17, 15) is 4.79 Å². The Morgan fingerprint density at radius 3 is 2.40 bits per heavy atom. The molecule has 2 amide bonds. The lowest BCUT2D eigenvalue weighted by Crippen LogP contribution is -2.61. The fourth-order valence-electron chi connectivity index (χ4n) is 5.72.